The summed E-state index contributed by atoms with van der Waals surface area (Å²) in [5.74, 6) is 2.56. The quantitative estimate of drug-likeness (QED) is 0.844. The van der Waals surface area contributed by atoms with Crippen molar-refractivity contribution in [3.05, 3.63) is 22.2 Å². The molecule has 4 nitrogen and oxygen atoms in total. The number of H-pyrrole nitrogens is 1. The second kappa shape index (κ2) is 4.49. The molecule has 0 amide bonds. The number of aryl methyl sites for hydroxylation is 1. The lowest BCUT2D eigenvalue weighted by atomic mass is 10.1. The van der Waals surface area contributed by atoms with E-state index in [0.29, 0.717) is 11.6 Å². The van der Waals surface area contributed by atoms with E-state index >= 15 is 0 Å². The fourth-order valence-corrected chi connectivity index (χ4v) is 3.17. The molecule has 1 fully saturated rings. The molecule has 88 valence electrons. The first kappa shape index (κ1) is 11.5. The lowest BCUT2D eigenvalue weighted by Crippen LogP contribution is -2.28. The summed E-state index contributed by atoms with van der Waals surface area (Å²) in [5, 5.41) is 3.26. The Kier molecular flexibility index (Phi) is 3.23. The first-order chi connectivity index (χ1) is 7.57. The third kappa shape index (κ3) is 2.78. The van der Waals surface area contributed by atoms with Gasteiger partial charge in [0.1, 0.15) is 11.6 Å². The van der Waals surface area contributed by atoms with Gasteiger partial charge in [0.25, 0.3) is 5.56 Å². The molecule has 1 atom stereocenters. The Hall–Kier alpha value is -0.970. The fourth-order valence-electron chi connectivity index (χ4n) is 1.92. The summed E-state index contributed by atoms with van der Waals surface area (Å²) in [6.45, 7) is 4.92. The molecule has 2 heterocycles. The molecule has 16 heavy (non-hydrogen) atoms. The number of nitrogens with zero attached hydrogens (tertiary/aromatic N) is 1. The minimum Gasteiger partial charge on any atom is -0.368 e. The van der Waals surface area contributed by atoms with E-state index in [0.717, 1.165) is 6.54 Å². The number of anilines is 1. The van der Waals surface area contributed by atoms with Crippen molar-refractivity contribution in [1.82, 2.24) is 9.97 Å². The normalized spacial score (nSPS) is 24.6. The topological polar surface area (TPSA) is 57.8 Å². The molecule has 1 aromatic heterocycles. The summed E-state index contributed by atoms with van der Waals surface area (Å²) < 4.78 is 0.290. The molecule has 1 unspecified atom stereocenters. The summed E-state index contributed by atoms with van der Waals surface area (Å²) in [7, 11) is 0. The summed E-state index contributed by atoms with van der Waals surface area (Å²) in [6.07, 6.45) is 2.51. The van der Waals surface area contributed by atoms with E-state index in [1.54, 1.807) is 6.92 Å². The zero-order chi connectivity index (χ0) is 11.6. The number of rotatable bonds is 3. The maximum absolute atomic E-state index is 11.2. The molecular formula is C11H17N3OS. The van der Waals surface area contributed by atoms with Gasteiger partial charge < -0.3 is 10.3 Å². The van der Waals surface area contributed by atoms with E-state index in [-0.39, 0.29) is 10.3 Å². The van der Waals surface area contributed by atoms with Crippen molar-refractivity contribution in [1.29, 1.82) is 0 Å². The van der Waals surface area contributed by atoms with Crippen LogP contribution in [0.25, 0.3) is 0 Å². The SMILES string of the molecule is Cc1nc(NCC2(C)CCCS2)cc(=O)[nH]1. The van der Waals surface area contributed by atoms with Crippen molar-refractivity contribution >= 4 is 17.6 Å². The third-order valence-corrected chi connectivity index (χ3v) is 4.34. The molecule has 2 rings (SSSR count). The van der Waals surface area contributed by atoms with Gasteiger partial charge in [-0.15, -0.1) is 0 Å². The monoisotopic (exact) mass is 239 g/mol. The van der Waals surface area contributed by atoms with Gasteiger partial charge in [-0.1, -0.05) is 0 Å². The molecule has 1 aliphatic heterocycles. The summed E-state index contributed by atoms with van der Waals surface area (Å²) >= 11 is 2.00. The van der Waals surface area contributed by atoms with Crippen molar-refractivity contribution in [2.75, 3.05) is 17.6 Å². The Balaban J connectivity index is 2.01. The van der Waals surface area contributed by atoms with Gasteiger partial charge in [-0.05, 0) is 32.4 Å². The Morgan fingerprint density at radius 3 is 3.12 bits per heavy atom. The molecule has 0 saturated carbocycles. The van der Waals surface area contributed by atoms with Crippen LogP contribution in [0.1, 0.15) is 25.6 Å². The van der Waals surface area contributed by atoms with Crippen molar-refractivity contribution in [2.45, 2.75) is 31.4 Å². The average Bonchev–Trinajstić information content (AvgIpc) is 2.62. The van der Waals surface area contributed by atoms with E-state index in [4.69, 9.17) is 0 Å². The first-order valence-electron chi connectivity index (χ1n) is 5.53. The summed E-state index contributed by atoms with van der Waals surface area (Å²) in [4.78, 5) is 18.1. The Morgan fingerprint density at radius 1 is 1.69 bits per heavy atom. The molecule has 0 spiro atoms. The Morgan fingerprint density at radius 2 is 2.50 bits per heavy atom. The largest absolute Gasteiger partial charge is 0.368 e. The van der Waals surface area contributed by atoms with E-state index < -0.39 is 0 Å². The number of hydrogen-bond donors (Lipinski definition) is 2. The van der Waals surface area contributed by atoms with Crippen LogP contribution in [0.15, 0.2) is 10.9 Å². The molecule has 5 heteroatoms. The maximum atomic E-state index is 11.2. The minimum atomic E-state index is -0.0979. The van der Waals surface area contributed by atoms with E-state index in [9.17, 15) is 4.79 Å². The predicted octanol–water partition coefficient (Wildman–Crippen LogP) is 1.78. The highest BCUT2D eigenvalue weighted by atomic mass is 32.2. The predicted molar refractivity (Wildman–Crippen MR) is 68.2 cm³/mol. The molecule has 0 aromatic carbocycles. The number of nitrogens with one attached hydrogen (secondary N) is 2. The van der Waals surface area contributed by atoms with Gasteiger partial charge in [-0.25, -0.2) is 4.98 Å². The second-order valence-electron chi connectivity index (χ2n) is 4.47. The van der Waals surface area contributed by atoms with Gasteiger partial charge in [0.15, 0.2) is 0 Å². The number of aromatic amines is 1. The van der Waals surface area contributed by atoms with Gasteiger partial charge in [-0.3, -0.25) is 4.79 Å². The molecule has 0 radical (unpaired) electrons. The van der Waals surface area contributed by atoms with Gasteiger partial charge >= 0.3 is 0 Å². The van der Waals surface area contributed by atoms with Crippen LogP contribution >= 0.6 is 11.8 Å². The minimum absolute atomic E-state index is 0.0979. The Labute approximate surface area is 99.3 Å². The van der Waals surface area contributed by atoms with Crippen molar-refractivity contribution in [3.63, 3.8) is 0 Å². The van der Waals surface area contributed by atoms with Gasteiger partial charge in [0.05, 0.1) is 0 Å². The van der Waals surface area contributed by atoms with E-state index in [1.165, 1.54) is 24.7 Å². The third-order valence-electron chi connectivity index (χ3n) is 2.80. The van der Waals surface area contributed by atoms with Crippen LogP contribution < -0.4 is 10.9 Å². The molecular weight excluding hydrogens is 222 g/mol. The summed E-state index contributed by atoms with van der Waals surface area (Å²) in [6, 6.07) is 1.51. The van der Waals surface area contributed by atoms with Crippen LogP contribution in [0.3, 0.4) is 0 Å². The highest BCUT2D eigenvalue weighted by Gasteiger charge is 2.29. The molecule has 2 N–H and O–H groups in total. The molecule has 0 aliphatic carbocycles. The number of hydrogen-bond acceptors (Lipinski definition) is 4. The van der Waals surface area contributed by atoms with Crippen LogP contribution in [0.2, 0.25) is 0 Å². The zero-order valence-corrected chi connectivity index (χ0v) is 10.5. The first-order valence-corrected chi connectivity index (χ1v) is 6.52. The van der Waals surface area contributed by atoms with Crippen LogP contribution in [0.4, 0.5) is 5.82 Å². The van der Waals surface area contributed by atoms with Gasteiger partial charge in [0.2, 0.25) is 0 Å². The van der Waals surface area contributed by atoms with Crippen molar-refractivity contribution in [2.24, 2.45) is 0 Å². The van der Waals surface area contributed by atoms with E-state index in [1.807, 2.05) is 11.8 Å². The maximum Gasteiger partial charge on any atom is 0.252 e. The van der Waals surface area contributed by atoms with Crippen molar-refractivity contribution in [3.8, 4) is 0 Å². The lowest BCUT2D eigenvalue weighted by molar-refractivity contribution is 0.633. The zero-order valence-electron chi connectivity index (χ0n) is 9.67. The number of thioether (sulfide) groups is 1. The highest BCUT2D eigenvalue weighted by Crippen LogP contribution is 2.37. The lowest BCUT2D eigenvalue weighted by Gasteiger charge is -2.23. The van der Waals surface area contributed by atoms with Crippen LogP contribution in [0, 0.1) is 6.92 Å². The smallest absolute Gasteiger partial charge is 0.252 e. The van der Waals surface area contributed by atoms with Crippen LogP contribution in [-0.4, -0.2) is 27.0 Å². The van der Waals surface area contributed by atoms with Crippen molar-refractivity contribution < 1.29 is 0 Å². The van der Waals surface area contributed by atoms with Gasteiger partial charge in [-0.2, -0.15) is 11.8 Å². The molecule has 0 bridgehead atoms. The van der Waals surface area contributed by atoms with Crippen LogP contribution in [0.5, 0.6) is 0 Å². The fraction of sp³-hybridized carbons (Fsp3) is 0.636. The number of aromatic nitrogens is 2. The average molecular weight is 239 g/mol. The van der Waals surface area contributed by atoms with Crippen LogP contribution in [-0.2, 0) is 0 Å². The standard InChI is InChI=1S/C11H17N3OS/c1-8-13-9(6-10(15)14-8)12-7-11(2)4-3-5-16-11/h6H,3-5,7H2,1-2H3,(H2,12,13,14,15). The second-order valence-corrected chi connectivity index (χ2v) is 6.15. The summed E-state index contributed by atoms with van der Waals surface area (Å²) in [5.41, 5.74) is -0.0979. The van der Waals surface area contributed by atoms with E-state index in [2.05, 4.69) is 22.2 Å². The highest BCUT2D eigenvalue weighted by molar-refractivity contribution is 8.00. The van der Waals surface area contributed by atoms with Gasteiger partial charge in [0, 0.05) is 17.4 Å². The molecule has 1 aromatic rings. The Bertz CT molecular complexity index is 423. The molecule has 1 saturated heterocycles. The molecule has 1 aliphatic rings.